The van der Waals surface area contributed by atoms with Gasteiger partial charge < -0.3 is 15.5 Å². The summed E-state index contributed by atoms with van der Waals surface area (Å²) in [5.74, 6) is 0.698. The Bertz CT molecular complexity index is 921. The number of nitrogens with zero attached hydrogens (tertiary/aromatic N) is 2. The quantitative estimate of drug-likeness (QED) is 0.628. The van der Waals surface area contributed by atoms with Gasteiger partial charge in [0.25, 0.3) is 6.43 Å². The Morgan fingerprint density at radius 1 is 1.30 bits per heavy atom. The monoisotopic (exact) mass is 374 g/mol. The first-order valence-corrected chi connectivity index (χ1v) is 8.89. The van der Waals surface area contributed by atoms with Crippen LogP contribution >= 0.6 is 0 Å². The Labute approximate surface area is 157 Å². The summed E-state index contributed by atoms with van der Waals surface area (Å²) in [6, 6.07) is 4.92. The van der Waals surface area contributed by atoms with Gasteiger partial charge in [-0.15, -0.1) is 0 Å². The molecule has 0 fully saturated rings. The molecule has 0 spiro atoms. The van der Waals surface area contributed by atoms with E-state index >= 15 is 0 Å². The maximum absolute atomic E-state index is 13.7. The number of fused-ring (bicyclic) bond motifs is 1. The molecule has 3 heterocycles. The Morgan fingerprint density at radius 2 is 2.07 bits per heavy atom. The van der Waals surface area contributed by atoms with E-state index in [2.05, 4.69) is 28.8 Å². The highest BCUT2D eigenvalue weighted by molar-refractivity contribution is 5.93. The first-order valence-electron chi connectivity index (χ1n) is 8.89. The lowest BCUT2D eigenvalue weighted by Crippen LogP contribution is -2.43. The Kier molecular flexibility index (Phi) is 5.41. The van der Waals surface area contributed by atoms with Gasteiger partial charge in [-0.05, 0) is 37.5 Å². The van der Waals surface area contributed by atoms with Crippen LogP contribution in [0.4, 0.5) is 8.78 Å². The van der Waals surface area contributed by atoms with E-state index in [1.807, 2.05) is 13.0 Å². The number of alkyl halides is 2. The molecule has 27 heavy (non-hydrogen) atoms. The molecule has 0 saturated carbocycles. The highest BCUT2D eigenvalue weighted by Crippen LogP contribution is 2.35. The molecular weight excluding hydrogens is 350 g/mol. The van der Waals surface area contributed by atoms with Gasteiger partial charge in [0.1, 0.15) is 18.0 Å². The van der Waals surface area contributed by atoms with E-state index in [4.69, 9.17) is 10.5 Å². The van der Waals surface area contributed by atoms with Crippen molar-refractivity contribution in [2.24, 2.45) is 11.7 Å². The van der Waals surface area contributed by atoms with Crippen LogP contribution < -0.4 is 10.5 Å². The largest absolute Gasteiger partial charge is 0.490 e. The average molecular weight is 374 g/mol. The maximum Gasteiger partial charge on any atom is 0.266 e. The zero-order valence-electron chi connectivity index (χ0n) is 15.7. The van der Waals surface area contributed by atoms with E-state index in [1.54, 1.807) is 18.5 Å². The molecule has 0 aromatic carbocycles. The zero-order chi connectivity index (χ0) is 19.6. The third kappa shape index (κ3) is 4.42. The normalized spacial score (nSPS) is 14.1. The fraction of sp³-hybridized carbons (Fsp3) is 0.400. The van der Waals surface area contributed by atoms with Crippen molar-refractivity contribution in [1.29, 1.82) is 0 Å². The van der Waals surface area contributed by atoms with Crippen LogP contribution in [0, 0.1) is 5.92 Å². The van der Waals surface area contributed by atoms with E-state index in [0.29, 0.717) is 17.1 Å². The second-order valence-corrected chi connectivity index (χ2v) is 7.55. The molecule has 0 unspecified atom stereocenters. The second kappa shape index (κ2) is 7.60. The van der Waals surface area contributed by atoms with Gasteiger partial charge >= 0.3 is 0 Å². The second-order valence-electron chi connectivity index (χ2n) is 7.55. The fourth-order valence-corrected chi connectivity index (χ4v) is 3.32. The Balaban J connectivity index is 1.90. The molecule has 3 aromatic heterocycles. The van der Waals surface area contributed by atoms with Crippen molar-refractivity contribution in [3.8, 4) is 17.0 Å². The van der Waals surface area contributed by atoms with Crippen LogP contribution in [0.3, 0.4) is 0 Å². The van der Waals surface area contributed by atoms with E-state index in [1.165, 1.54) is 12.3 Å². The van der Waals surface area contributed by atoms with Crippen LogP contribution in [-0.2, 0) is 0 Å². The topological polar surface area (TPSA) is 76.8 Å². The summed E-state index contributed by atoms with van der Waals surface area (Å²) in [4.78, 5) is 11.4. The number of H-pyrrole nitrogens is 1. The van der Waals surface area contributed by atoms with E-state index in [9.17, 15) is 8.78 Å². The van der Waals surface area contributed by atoms with Crippen LogP contribution in [0.5, 0.6) is 5.75 Å². The lowest BCUT2D eigenvalue weighted by atomic mass is 9.93. The zero-order valence-corrected chi connectivity index (χ0v) is 15.7. The van der Waals surface area contributed by atoms with Gasteiger partial charge in [-0.25, -0.2) is 13.8 Å². The standard InChI is InChI=1S/C20H24F2N4O/c1-12(2)8-20(3,23)11-27-13-7-15(18(21)22)17(25-9-13)16-10-26-19-14(16)5-4-6-24-19/h4-7,9-10,12,18H,8,11,23H2,1-3H3,(H,24,26)/t20-/m0/s1. The summed E-state index contributed by atoms with van der Waals surface area (Å²) >= 11 is 0. The van der Waals surface area contributed by atoms with E-state index in [0.717, 1.165) is 11.8 Å². The van der Waals surface area contributed by atoms with Gasteiger partial charge in [0, 0.05) is 34.4 Å². The van der Waals surface area contributed by atoms with Crippen molar-refractivity contribution in [3.05, 3.63) is 42.4 Å². The van der Waals surface area contributed by atoms with Crippen molar-refractivity contribution in [2.75, 3.05) is 6.61 Å². The van der Waals surface area contributed by atoms with Crippen LogP contribution in [0.15, 0.2) is 36.8 Å². The van der Waals surface area contributed by atoms with Crippen molar-refractivity contribution < 1.29 is 13.5 Å². The molecular formula is C20H24F2N4O. The number of pyridine rings is 2. The Morgan fingerprint density at radius 3 is 2.78 bits per heavy atom. The number of hydrogen-bond donors (Lipinski definition) is 2. The summed E-state index contributed by atoms with van der Waals surface area (Å²) in [6.45, 7) is 6.27. The summed E-state index contributed by atoms with van der Waals surface area (Å²) < 4.78 is 33.1. The fourth-order valence-electron chi connectivity index (χ4n) is 3.32. The van der Waals surface area contributed by atoms with Crippen molar-refractivity contribution in [1.82, 2.24) is 15.0 Å². The van der Waals surface area contributed by atoms with Crippen molar-refractivity contribution in [3.63, 3.8) is 0 Å². The maximum atomic E-state index is 13.7. The highest BCUT2D eigenvalue weighted by atomic mass is 19.3. The van der Waals surface area contributed by atoms with Crippen LogP contribution in [0.2, 0.25) is 0 Å². The van der Waals surface area contributed by atoms with Gasteiger partial charge in [-0.1, -0.05) is 13.8 Å². The first-order chi connectivity index (χ1) is 12.8. The number of rotatable bonds is 7. The molecule has 0 aliphatic carbocycles. The molecule has 3 aromatic rings. The SMILES string of the molecule is CC(C)C[C@](C)(N)COc1cnc(-c2c[nH]c3ncccc23)c(C(F)F)c1. The van der Waals surface area contributed by atoms with Crippen molar-refractivity contribution >= 4 is 11.0 Å². The molecule has 144 valence electrons. The molecule has 0 aliphatic heterocycles. The molecule has 0 saturated heterocycles. The molecule has 0 aliphatic rings. The lowest BCUT2D eigenvalue weighted by Gasteiger charge is -2.26. The summed E-state index contributed by atoms with van der Waals surface area (Å²) in [5, 5.41) is 0.743. The van der Waals surface area contributed by atoms with Gasteiger partial charge in [-0.2, -0.15) is 0 Å². The molecule has 3 rings (SSSR count). The van der Waals surface area contributed by atoms with Crippen LogP contribution in [-0.4, -0.2) is 27.1 Å². The molecule has 0 radical (unpaired) electrons. The minimum absolute atomic E-state index is 0.181. The minimum Gasteiger partial charge on any atom is -0.490 e. The van der Waals surface area contributed by atoms with E-state index < -0.39 is 12.0 Å². The minimum atomic E-state index is -2.68. The number of aromatic amines is 1. The summed E-state index contributed by atoms with van der Waals surface area (Å²) in [6.07, 6.45) is 2.83. The molecule has 0 amide bonds. The number of hydrogen-bond acceptors (Lipinski definition) is 4. The number of ether oxygens (including phenoxy) is 1. The predicted octanol–water partition coefficient (Wildman–Crippen LogP) is 4.70. The van der Waals surface area contributed by atoms with Gasteiger partial charge in [0.2, 0.25) is 0 Å². The highest BCUT2D eigenvalue weighted by Gasteiger charge is 2.23. The van der Waals surface area contributed by atoms with Crippen molar-refractivity contribution in [2.45, 2.75) is 39.2 Å². The summed E-state index contributed by atoms with van der Waals surface area (Å²) in [7, 11) is 0. The number of nitrogens with one attached hydrogen (secondary N) is 1. The van der Waals surface area contributed by atoms with E-state index in [-0.39, 0.29) is 23.6 Å². The lowest BCUT2D eigenvalue weighted by molar-refractivity contribution is 0.150. The van der Waals surface area contributed by atoms with Gasteiger partial charge in [0.15, 0.2) is 0 Å². The predicted molar refractivity (Wildman–Crippen MR) is 102 cm³/mol. The smallest absolute Gasteiger partial charge is 0.266 e. The average Bonchev–Trinajstić information content (AvgIpc) is 3.02. The number of halogens is 2. The third-order valence-electron chi connectivity index (χ3n) is 4.28. The molecule has 5 nitrogen and oxygen atoms in total. The number of aromatic nitrogens is 3. The molecule has 3 N–H and O–H groups in total. The number of nitrogens with two attached hydrogens (primary N) is 1. The van der Waals surface area contributed by atoms with Crippen LogP contribution in [0.25, 0.3) is 22.3 Å². The summed E-state index contributed by atoms with van der Waals surface area (Å²) in [5.41, 5.74) is 6.94. The van der Waals surface area contributed by atoms with Gasteiger partial charge in [0.05, 0.1) is 11.9 Å². The molecule has 1 atom stereocenters. The molecule has 7 heteroatoms. The molecule has 0 bridgehead atoms. The third-order valence-corrected chi connectivity index (χ3v) is 4.28. The van der Waals surface area contributed by atoms with Crippen LogP contribution in [0.1, 0.15) is 39.2 Å². The van der Waals surface area contributed by atoms with Gasteiger partial charge in [-0.3, -0.25) is 4.98 Å². The Hall–Kier alpha value is -2.54. The first kappa shape index (κ1) is 19.2.